The zero-order chi connectivity index (χ0) is 37.6. The number of hydrogen-bond acceptors (Lipinski definition) is 3. The van der Waals surface area contributed by atoms with E-state index < -0.39 is 0 Å². The monoisotopic (exact) mass is 745 g/mol. The molecule has 0 saturated heterocycles. The predicted octanol–water partition coefficient (Wildman–Crippen LogP) is 14.2. The lowest BCUT2D eigenvalue weighted by Gasteiger charge is -2.19. The molecule has 57 heavy (non-hydrogen) atoms. The molecule has 12 rings (SSSR count). The third-order valence-electron chi connectivity index (χ3n) is 12.1. The van der Waals surface area contributed by atoms with Crippen molar-refractivity contribution in [3.05, 3.63) is 187 Å². The molecule has 3 heterocycles. The molecule has 8 aromatic carbocycles. The van der Waals surface area contributed by atoms with E-state index in [9.17, 15) is 0 Å². The smallest absolute Gasteiger partial charge is 0.160 e. The van der Waals surface area contributed by atoms with Gasteiger partial charge < -0.3 is 4.57 Å². The van der Waals surface area contributed by atoms with Gasteiger partial charge in [-0.3, -0.25) is 0 Å². The molecule has 0 N–H and O–H groups in total. The second kappa shape index (κ2) is 12.6. The molecule has 0 spiro atoms. The van der Waals surface area contributed by atoms with Crippen molar-refractivity contribution in [2.75, 3.05) is 0 Å². The molecule has 268 valence electrons. The SMILES string of the molecule is Cc1c2cc3c4ccc5ccccc5c4n(-c4ccc(-c5nc(-c6ccccc6)nc6c5sc5ccccc56)cc4)c3c1-c1ccccc1CCc1ccccc1-2. The Labute approximate surface area is 334 Å². The lowest BCUT2D eigenvalue weighted by Crippen LogP contribution is -2.00. The summed E-state index contributed by atoms with van der Waals surface area (Å²) in [5.41, 5.74) is 17.1. The van der Waals surface area contributed by atoms with Crippen molar-refractivity contribution in [2.45, 2.75) is 19.8 Å². The van der Waals surface area contributed by atoms with Crippen molar-refractivity contribution < 1.29 is 0 Å². The highest BCUT2D eigenvalue weighted by molar-refractivity contribution is 7.26. The van der Waals surface area contributed by atoms with Crippen LogP contribution in [0, 0.1) is 6.92 Å². The Morgan fingerprint density at radius 2 is 1.19 bits per heavy atom. The van der Waals surface area contributed by atoms with Crippen molar-refractivity contribution in [2.24, 2.45) is 0 Å². The second-order valence-electron chi connectivity index (χ2n) is 15.2. The average Bonchev–Trinajstić information content (AvgIpc) is 3.82. The van der Waals surface area contributed by atoms with Crippen LogP contribution in [0.15, 0.2) is 170 Å². The van der Waals surface area contributed by atoms with Gasteiger partial charge in [0.15, 0.2) is 5.82 Å². The van der Waals surface area contributed by atoms with E-state index in [1.54, 1.807) is 11.3 Å². The molecular weight excluding hydrogens is 711 g/mol. The molecule has 1 aliphatic carbocycles. The van der Waals surface area contributed by atoms with Gasteiger partial charge in [-0.1, -0.05) is 146 Å². The summed E-state index contributed by atoms with van der Waals surface area (Å²) in [6.45, 7) is 2.34. The lowest BCUT2D eigenvalue weighted by molar-refractivity contribution is 0.966. The number of nitrogens with zero attached hydrogens (tertiary/aromatic N) is 3. The second-order valence-corrected chi connectivity index (χ2v) is 16.3. The van der Waals surface area contributed by atoms with Crippen molar-refractivity contribution in [1.82, 2.24) is 14.5 Å². The summed E-state index contributed by atoms with van der Waals surface area (Å²) in [4.78, 5) is 10.5. The number of rotatable bonds is 3. The minimum atomic E-state index is 0.744. The Hall–Kier alpha value is -6.88. The highest BCUT2D eigenvalue weighted by atomic mass is 32.1. The summed E-state index contributed by atoms with van der Waals surface area (Å²) in [5, 5.41) is 6.19. The van der Waals surface area contributed by atoms with Crippen LogP contribution in [0.25, 0.3) is 103 Å². The van der Waals surface area contributed by atoms with E-state index >= 15 is 0 Å². The van der Waals surface area contributed by atoms with Gasteiger partial charge in [-0.2, -0.15) is 0 Å². The highest BCUT2D eigenvalue weighted by Crippen LogP contribution is 2.48. The molecule has 4 heteroatoms. The standard InChI is InChI=1S/C53H35N3S/c1-32-44-31-45-42-30-27-35-15-7-10-20-41(35)50(42)56(51(45)47(32)40-19-9-6-14-34(40)24-23-33-13-5-8-18-39(33)44)38-28-25-36(26-29-38)48-52-49(43-21-11-12-22-46(43)57-52)55-53(54-48)37-16-3-2-4-17-37/h2-22,25-31H,23-24H2,1H3. The van der Waals surface area contributed by atoms with E-state index in [-0.39, 0.29) is 0 Å². The largest absolute Gasteiger partial charge is 0.308 e. The van der Waals surface area contributed by atoms with E-state index in [0.29, 0.717) is 0 Å². The minimum absolute atomic E-state index is 0.744. The topological polar surface area (TPSA) is 30.7 Å². The molecule has 3 nitrogen and oxygen atoms in total. The summed E-state index contributed by atoms with van der Waals surface area (Å²) in [7, 11) is 0. The quantitative estimate of drug-likeness (QED) is 0.180. The van der Waals surface area contributed by atoms with Gasteiger partial charge in [0.25, 0.3) is 0 Å². The van der Waals surface area contributed by atoms with Gasteiger partial charge in [0.2, 0.25) is 0 Å². The third kappa shape index (κ3) is 4.90. The van der Waals surface area contributed by atoms with Gasteiger partial charge >= 0.3 is 0 Å². The number of benzene rings is 8. The average molecular weight is 746 g/mol. The maximum Gasteiger partial charge on any atom is 0.160 e. The van der Waals surface area contributed by atoms with E-state index in [0.717, 1.165) is 51.4 Å². The van der Waals surface area contributed by atoms with Gasteiger partial charge in [0.1, 0.15) is 0 Å². The van der Waals surface area contributed by atoms with Crippen LogP contribution >= 0.6 is 11.3 Å². The molecule has 1 aliphatic rings. The van der Waals surface area contributed by atoms with Crippen LogP contribution in [0.5, 0.6) is 0 Å². The van der Waals surface area contributed by atoms with E-state index in [1.165, 1.54) is 81.6 Å². The van der Waals surface area contributed by atoms with E-state index in [4.69, 9.17) is 9.97 Å². The van der Waals surface area contributed by atoms with Crippen LogP contribution < -0.4 is 0 Å². The molecule has 0 fully saturated rings. The van der Waals surface area contributed by atoms with E-state index in [2.05, 4.69) is 175 Å². The number of hydrogen-bond donors (Lipinski definition) is 0. The minimum Gasteiger partial charge on any atom is -0.308 e. The molecule has 2 bridgehead atoms. The Bertz CT molecular complexity index is 3410. The maximum absolute atomic E-state index is 5.29. The molecule has 11 aromatic rings. The van der Waals surface area contributed by atoms with Crippen molar-refractivity contribution >= 4 is 64.2 Å². The molecule has 0 aliphatic heterocycles. The van der Waals surface area contributed by atoms with Crippen LogP contribution in [-0.2, 0) is 12.8 Å². The molecule has 0 radical (unpaired) electrons. The van der Waals surface area contributed by atoms with Crippen molar-refractivity contribution in [3.63, 3.8) is 0 Å². The first-order chi connectivity index (χ1) is 28.2. The fourth-order valence-electron chi connectivity index (χ4n) is 9.42. The van der Waals surface area contributed by atoms with Gasteiger partial charge in [0.05, 0.1) is 26.9 Å². The van der Waals surface area contributed by atoms with Crippen LogP contribution in [-0.4, -0.2) is 14.5 Å². The number of thiophene rings is 1. The lowest BCUT2D eigenvalue weighted by atomic mass is 9.88. The molecule has 0 amide bonds. The number of aromatic nitrogens is 3. The third-order valence-corrected chi connectivity index (χ3v) is 13.3. The summed E-state index contributed by atoms with van der Waals surface area (Å²) >= 11 is 1.77. The van der Waals surface area contributed by atoms with Crippen LogP contribution in [0.3, 0.4) is 0 Å². The Morgan fingerprint density at radius 3 is 2.02 bits per heavy atom. The molecule has 3 aromatic heterocycles. The van der Waals surface area contributed by atoms with Gasteiger partial charge in [-0.15, -0.1) is 11.3 Å². The zero-order valence-corrected chi connectivity index (χ0v) is 32.1. The van der Waals surface area contributed by atoms with Crippen LogP contribution in [0.1, 0.15) is 16.7 Å². The first-order valence-electron chi connectivity index (χ1n) is 19.7. The Kier molecular flexibility index (Phi) is 7.14. The number of aryl methyl sites for hydroxylation is 2. The normalized spacial score (nSPS) is 12.5. The summed E-state index contributed by atoms with van der Waals surface area (Å²) in [6, 6.07) is 62.1. The predicted molar refractivity (Wildman–Crippen MR) is 241 cm³/mol. The van der Waals surface area contributed by atoms with Gasteiger partial charge in [-0.05, 0) is 82.8 Å². The van der Waals surface area contributed by atoms with E-state index in [1.807, 2.05) is 6.07 Å². The van der Waals surface area contributed by atoms with Crippen molar-refractivity contribution in [1.29, 1.82) is 0 Å². The van der Waals surface area contributed by atoms with Crippen LogP contribution in [0.2, 0.25) is 0 Å². The number of fused-ring (bicyclic) bond motifs is 15. The molecule has 0 unspecified atom stereocenters. The fourth-order valence-corrected chi connectivity index (χ4v) is 10.6. The maximum atomic E-state index is 5.29. The summed E-state index contributed by atoms with van der Waals surface area (Å²) in [6.07, 6.45) is 1.99. The summed E-state index contributed by atoms with van der Waals surface area (Å²) < 4.78 is 4.88. The van der Waals surface area contributed by atoms with Gasteiger partial charge in [0, 0.05) is 48.6 Å². The first-order valence-corrected chi connectivity index (χ1v) is 20.5. The fraction of sp³-hybridized carbons (Fsp3) is 0.0566. The summed E-state index contributed by atoms with van der Waals surface area (Å²) in [5.74, 6) is 0.744. The molecule has 0 atom stereocenters. The van der Waals surface area contributed by atoms with Gasteiger partial charge in [-0.25, -0.2) is 9.97 Å². The molecular formula is C53H35N3S. The molecule has 0 saturated carbocycles. The zero-order valence-electron chi connectivity index (χ0n) is 31.3. The Morgan fingerprint density at radius 1 is 0.509 bits per heavy atom. The van der Waals surface area contributed by atoms with Crippen molar-refractivity contribution in [3.8, 4) is 50.6 Å². The highest BCUT2D eigenvalue weighted by Gasteiger charge is 2.26. The Balaban J connectivity index is 1.16. The van der Waals surface area contributed by atoms with Crippen LogP contribution in [0.4, 0.5) is 0 Å². The first kappa shape index (κ1) is 32.4.